The summed E-state index contributed by atoms with van der Waals surface area (Å²) >= 11 is 1.35. The molecule has 0 aliphatic heterocycles. The summed E-state index contributed by atoms with van der Waals surface area (Å²) in [6.45, 7) is 0. The number of benzene rings is 1. The number of carbonyl (C=O) groups is 2. The third-order valence-corrected chi connectivity index (χ3v) is 6.03. The summed E-state index contributed by atoms with van der Waals surface area (Å²) in [6, 6.07) is 5.39. The first kappa shape index (κ1) is 22.1. The molecular formula is C21H22N4O5S. The van der Waals surface area contributed by atoms with Gasteiger partial charge in [-0.3, -0.25) is 9.59 Å². The molecular weight excluding hydrogens is 420 g/mol. The van der Waals surface area contributed by atoms with Gasteiger partial charge in [0.15, 0.2) is 11.5 Å². The first-order valence-electron chi connectivity index (χ1n) is 9.51. The quantitative estimate of drug-likeness (QED) is 0.403. The van der Waals surface area contributed by atoms with Gasteiger partial charge in [-0.05, 0) is 37.3 Å². The lowest BCUT2D eigenvalue weighted by Crippen LogP contribution is -2.32. The fourth-order valence-electron chi connectivity index (χ4n) is 3.30. The summed E-state index contributed by atoms with van der Waals surface area (Å²) in [5.41, 5.74) is 4.12. The van der Waals surface area contributed by atoms with Gasteiger partial charge in [0, 0.05) is 16.5 Å². The van der Waals surface area contributed by atoms with Crippen LogP contribution >= 0.6 is 11.3 Å². The van der Waals surface area contributed by atoms with Gasteiger partial charge in [0.25, 0.3) is 0 Å². The highest BCUT2D eigenvalue weighted by atomic mass is 32.1. The number of rotatable bonds is 6. The molecule has 2 N–H and O–H groups in total. The largest absolute Gasteiger partial charge is 0.496 e. The smallest absolute Gasteiger partial charge is 0.329 e. The Balaban J connectivity index is 1.69. The highest BCUT2D eigenvalue weighted by molar-refractivity contribution is 7.16. The molecule has 0 saturated heterocycles. The summed E-state index contributed by atoms with van der Waals surface area (Å²) in [7, 11) is 4.49. The third kappa shape index (κ3) is 4.78. The summed E-state index contributed by atoms with van der Waals surface area (Å²) in [4.78, 5) is 25.5. The molecule has 2 aromatic rings. The molecule has 2 amide bonds. The van der Waals surface area contributed by atoms with E-state index >= 15 is 0 Å². The van der Waals surface area contributed by atoms with Gasteiger partial charge >= 0.3 is 11.8 Å². The predicted molar refractivity (Wildman–Crippen MR) is 116 cm³/mol. The zero-order chi connectivity index (χ0) is 22.4. The number of carbonyl (C=O) groups excluding carboxylic acids is 2. The number of methoxy groups -OCH3 is 3. The van der Waals surface area contributed by atoms with Crippen LogP contribution in [0.3, 0.4) is 0 Å². The summed E-state index contributed by atoms with van der Waals surface area (Å²) in [5, 5.41) is 16.2. The second-order valence-corrected chi connectivity index (χ2v) is 7.73. The number of ether oxygens (including phenoxy) is 3. The molecule has 1 aliphatic rings. The molecule has 0 atom stereocenters. The molecule has 10 heteroatoms. The molecule has 1 aliphatic carbocycles. The Morgan fingerprint density at radius 1 is 1.06 bits per heavy atom. The van der Waals surface area contributed by atoms with Gasteiger partial charge in [0.05, 0.1) is 33.1 Å². The molecule has 1 heterocycles. The molecule has 0 saturated carbocycles. The van der Waals surface area contributed by atoms with Gasteiger partial charge in [-0.2, -0.15) is 10.4 Å². The first-order chi connectivity index (χ1) is 15.0. The average Bonchev–Trinajstić information content (AvgIpc) is 3.15. The summed E-state index contributed by atoms with van der Waals surface area (Å²) in [5.74, 6) is -0.466. The van der Waals surface area contributed by atoms with E-state index in [4.69, 9.17) is 14.2 Å². The van der Waals surface area contributed by atoms with Crippen molar-refractivity contribution in [2.45, 2.75) is 25.7 Å². The Morgan fingerprint density at radius 3 is 2.42 bits per heavy atom. The van der Waals surface area contributed by atoms with E-state index in [-0.39, 0.29) is 0 Å². The molecule has 1 aromatic heterocycles. The van der Waals surface area contributed by atoms with E-state index in [0.29, 0.717) is 33.4 Å². The van der Waals surface area contributed by atoms with Crippen LogP contribution < -0.4 is 25.0 Å². The number of hydrogen-bond donors (Lipinski definition) is 2. The van der Waals surface area contributed by atoms with Crippen molar-refractivity contribution in [2.24, 2.45) is 5.10 Å². The second-order valence-electron chi connectivity index (χ2n) is 6.63. The number of thiophene rings is 1. The minimum Gasteiger partial charge on any atom is -0.496 e. The molecule has 0 bridgehead atoms. The summed E-state index contributed by atoms with van der Waals surface area (Å²) in [6.07, 6.45) is 5.10. The number of aryl methyl sites for hydroxylation is 1. The minimum atomic E-state index is -0.953. The Hall–Kier alpha value is -3.58. The lowest BCUT2D eigenvalue weighted by Gasteiger charge is -2.11. The number of nitrogens with one attached hydrogen (secondary N) is 2. The fraction of sp³-hybridized carbons (Fsp3) is 0.333. The normalized spacial score (nSPS) is 12.6. The van der Waals surface area contributed by atoms with Crippen molar-refractivity contribution < 1.29 is 23.8 Å². The topological polar surface area (TPSA) is 122 Å². The molecule has 3 rings (SSSR count). The van der Waals surface area contributed by atoms with E-state index in [2.05, 4.69) is 21.9 Å². The Kier molecular flexibility index (Phi) is 7.10. The molecule has 162 valence electrons. The standard InChI is InChI=1S/C21H22N4O5S/c1-28-15-9-17(30-3)16(29-2)8-12(15)11-23-25-20(27)19(26)24-21-14(10-22)13-6-4-5-7-18(13)31-21/h8-9,11H,4-7H2,1-3H3,(H,24,26)(H,25,27)/b23-11-. The van der Waals surface area contributed by atoms with Crippen LogP contribution in [0.15, 0.2) is 17.2 Å². The van der Waals surface area contributed by atoms with Crippen LogP contribution in [0.5, 0.6) is 17.2 Å². The van der Waals surface area contributed by atoms with Crippen LogP contribution in [0.2, 0.25) is 0 Å². The second kappa shape index (κ2) is 9.95. The van der Waals surface area contributed by atoms with Crippen molar-refractivity contribution in [1.82, 2.24) is 5.43 Å². The van der Waals surface area contributed by atoms with Gasteiger partial charge in [-0.25, -0.2) is 5.43 Å². The Bertz CT molecular complexity index is 1070. The number of anilines is 1. The number of amides is 2. The van der Waals surface area contributed by atoms with Crippen molar-refractivity contribution in [3.63, 3.8) is 0 Å². The summed E-state index contributed by atoms with van der Waals surface area (Å²) < 4.78 is 15.8. The highest BCUT2D eigenvalue weighted by Gasteiger charge is 2.23. The van der Waals surface area contributed by atoms with Gasteiger partial charge in [0.1, 0.15) is 16.8 Å². The van der Waals surface area contributed by atoms with Crippen molar-refractivity contribution in [1.29, 1.82) is 5.26 Å². The molecule has 0 fully saturated rings. The van der Waals surface area contributed by atoms with Crippen LogP contribution in [-0.4, -0.2) is 39.4 Å². The number of nitriles is 1. The van der Waals surface area contributed by atoms with E-state index in [1.165, 1.54) is 38.9 Å². The van der Waals surface area contributed by atoms with Gasteiger partial charge in [0.2, 0.25) is 0 Å². The van der Waals surface area contributed by atoms with Gasteiger partial charge < -0.3 is 19.5 Å². The lowest BCUT2D eigenvalue weighted by molar-refractivity contribution is -0.136. The highest BCUT2D eigenvalue weighted by Crippen LogP contribution is 2.37. The van der Waals surface area contributed by atoms with Crippen LogP contribution in [0.25, 0.3) is 0 Å². The Morgan fingerprint density at radius 2 is 1.74 bits per heavy atom. The first-order valence-corrected chi connectivity index (χ1v) is 10.3. The third-order valence-electron chi connectivity index (χ3n) is 4.82. The maximum absolute atomic E-state index is 12.3. The maximum atomic E-state index is 12.3. The van der Waals surface area contributed by atoms with E-state index < -0.39 is 11.8 Å². The van der Waals surface area contributed by atoms with Crippen LogP contribution in [0.1, 0.15) is 34.4 Å². The lowest BCUT2D eigenvalue weighted by atomic mass is 9.96. The zero-order valence-corrected chi connectivity index (χ0v) is 18.2. The van der Waals surface area contributed by atoms with Gasteiger partial charge in [-0.1, -0.05) is 0 Å². The number of fused-ring (bicyclic) bond motifs is 1. The maximum Gasteiger partial charge on any atom is 0.329 e. The predicted octanol–water partition coefficient (Wildman–Crippen LogP) is 2.61. The van der Waals surface area contributed by atoms with Crippen LogP contribution in [-0.2, 0) is 22.4 Å². The van der Waals surface area contributed by atoms with E-state index in [0.717, 1.165) is 36.1 Å². The van der Waals surface area contributed by atoms with Crippen LogP contribution in [0.4, 0.5) is 5.00 Å². The van der Waals surface area contributed by atoms with Crippen molar-refractivity contribution in [3.8, 4) is 23.3 Å². The minimum absolute atomic E-state index is 0.403. The van der Waals surface area contributed by atoms with E-state index in [9.17, 15) is 14.9 Å². The fourth-order valence-corrected chi connectivity index (χ4v) is 4.53. The molecule has 31 heavy (non-hydrogen) atoms. The van der Waals surface area contributed by atoms with Crippen molar-refractivity contribution in [3.05, 3.63) is 33.7 Å². The number of hydrogen-bond acceptors (Lipinski definition) is 8. The van der Waals surface area contributed by atoms with E-state index in [1.54, 1.807) is 12.1 Å². The van der Waals surface area contributed by atoms with Crippen LogP contribution in [0, 0.1) is 11.3 Å². The molecule has 9 nitrogen and oxygen atoms in total. The van der Waals surface area contributed by atoms with Crippen molar-refractivity contribution >= 4 is 34.4 Å². The Labute approximate surface area is 183 Å². The number of hydrazone groups is 1. The SMILES string of the molecule is COc1cc(OC)c(OC)cc1/C=N\NC(=O)C(=O)Nc1sc2c(c1C#N)CCCC2. The molecule has 1 aromatic carbocycles. The zero-order valence-electron chi connectivity index (χ0n) is 17.4. The molecule has 0 spiro atoms. The van der Waals surface area contributed by atoms with Crippen molar-refractivity contribution in [2.75, 3.05) is 26.6 Å². The molecule has 0 radical (unpaired) electrons. The average molecular weight is 442 g/mol. The van der Waals surface area contributed by atoms with Gasteiger partial charge in [-0.15, -0.1) is 11.3 Å². The molecule has 0 unspecified atom stereocenters. The monoisotopic (exact) mass is 442 g/mol. The number of nitrogens with zero attached hydrogens (tertiary/aromatic N) is 2. The van der Waals surface area contributed by atoms with E-state index in [1.807, 2.05) is 0 Å².